The number of aryl methyl sites for hydroxylation is 1. The van der Waals surface area contributed by atoms with Crippen LogP contribution >= 0.6 is 11.9 Å². The molecule has 0 radical (unpaired) electrons. The van der Waals surface area contributed by atoms with Gasteiger partial charge in [-0.1, -0.05) is 38.0 Å². The van der Waals surface area contributed by atoms with Crippen LogP contribution in [0.1, 0.15) is 83.2 Å². The molecule has 1 aromatic carbocycles. The van der Waals surface area contributed by atoms with Gasteiger partial charge in [0.1, 0.15) is 30.4 Å². The Labute approximate surface area is 285 Å². The fraction of sp³-hybridized carbons (Fsp3) is 0.600. The first-order valence-electron chi connectivity index (χ1n) is 17.3. The molecule has 5 rings (SSSR count). The zero-order chi connectivity index (χ0) is 34.0. The van der Waals surface area contributed by atoms with Crippen LogP contribution in [0.5, 0.6) is 0 Å². The van der Waals surface area contributed by atoms with Gasteiger partial charge in [-0.25, -0.2) is 9.78 Å². The van der Waals surface area contributed by atoms with E-state index < -0.39 is 18.2 Å². The Morgan fingerprint density at radius 2 is 1.92 bits per heavy atom. The highest BCUT2D eigenvalue weighted by atomic mass is 32.2. The summed E-state index contributed by atoms with van der Waals surface area (Å²) in [6, 6.07) is 6.00. The molecule has 1 aliphatic heterocycles. The van der Waals surface area contributed by atoms with E-state index in [4.69, 9.17) is 4.74 Å². The molecule has 2 saturated carbocycles. The summed E-state index contributed by atoms with van der Waals surface area (Å²) in [6.07, 6.45) is 11.1. The summed E-state index contributed by atoms with van der Waals surface area (Å²) >= 11 is 1.38. The van der Waals surface area contributed by atoms with E-state index in [1.54, 1.807) is 6.08 Å². The molecule has 4 amide bonds. The molecule has 0 spiro atoms. The minimum atomic E-state index is -0.794. The number of likely N-dealkylation sites (tertiary alicyclic amines) is 1. The Balaban J connectivity index is 1.02. The molecule has 1 aromatic heterocycles. The van der Waals surface area contributed by atoms with Crippen LogP contribution in [0.3, 0.4) is 0 Å². The third-order valence-corrected chi connectivity index (χ3v) is 10.7. The molecule has 5 atom stereocenters. The van der Waals surface area contributed by atoms with Gasteiger partial charge in [-0.05, 0) is 94.2 Å². The third kappa shape index (κ3) is 9.61. The topological polar surface area (TPSA) is 163 Å². The second kappa shape index (κ2) is 17.0. The van der Waals surface area contributed by atoms with Crippen LogP contribution in [0.15, 0.2) is 41.7 Å². The van der Waals surface area contributed by atoms with Crippen molar-refractivity contribution < 1.29 is 23.9 Å². The first kappa shape index (κ1) is 35.4. The number of aromatic amines is 1. The van der Waals surface area contributed by atoms with Crippen LogP contribution in [-0.4, -0.2) is 75.2 Å². The maximum atomic E-state index is 13.3. The fourth-order valence-corrected chi connectivity index (χ4v) is 7.36. The van der Waals surface area contributed by atoms with Crippen LogP contribution in [0.25, 0.3) is 11.0 Å². The molecule has 260 valence electrons. The molecule has 1 saturated heterocycles. The lowest BCUT2D eigenvalue weighted by Crippen LogP contribution is -2.55. The SMILES string of the molecule is C=C[C@H](C)C(NC(=O)C1CCCN1C(=O)CNC(=O)O[C@@H]1CCCC1CCCCCc1nc2ccccc2[nH]c1=O)C(=O)NSC1CC1. The smallest absolute Gasteiger partial charge is 0.407 e. The number of amides is 4. The van der Waals surface area contributed by atoms with Gasteiger partial charge in [0.15, 0.2) is 0 Å². The number of carbonyl (C=O) groups is 4. The monoisotopic (exact) mass is 680 g/mol. The highest BCUT2D eigenvalue weighted by molar-refractivity contribution is 7.98. The van der Waals surface area contributed by atoms with Crippen LogP contribution in [0, 0.1) is 11.8 Å². The number of hydrogen-bond donors (Lipinski definition) is 4. The summed E-state index contributed by atoms with van der Waals surface area (Å²) in [4.78, 5) is 73.2. The fourth-order valence-electron chi connectivity index (χ4n) is 6.58. The number of para-hydroxylation sites is 2. The predicted molar refractivity (Wildman–Crippen MR) is 185 cm³/mol. The number of rotatable bonds is 16. The van der Waals surface area contributed by atoms with E-state index in [2.05, 4.69) is 31.9 Å². The molecular formula is C35H48N6O6S. The maximum Gasteiger partial charge on any atom is 0.407 e. The molecule has 48 heavy (non-hydrogen) atoms. The number of aromatic nitrogens is 2. The minimum absolute atomic E-state index is 0.138. The van der Waals surface area contributed by atoms with Gasteiger partial charge in [-0.3, -0.25) is 23.9 Å². The Morgan fingerprint density at radius 1 is 1.10 bits per heavy atom. The second-order valence-electron chi connectivity index (χ2n) is 13.2. The highest BCUT2D eigenvalue weighted by Crippen LogP contribution is 2.33. The summed E-state index contributed by atoms with van der Waals surface area (Å²) in [5, 5.41) is 5.86. The molecule has 3 fully saturated rings. The van der Waals surface area contributed by atoms with Crippen molar-refractivity contribution in [3.05, 3.63) is 53.0 Å². The van der Waals surface area contributed by atoms with Crippen molar-refractivity contribution in [1.82, 2.24) is 30.2 Å². The number of alkyl carbamates (subject to hydrolysis) is 1. The third-order valence-electron chi connectivity index (χ3n) is 9.59. The number of H-pyrrole nitrogens is 1. The van der Waals surface area contributed by atoms with Crippen molar-refractivity contribution in [2.75, 3.05) is 13.1 Å². The zero-order valence-electron chi connectivity index (χ0n) is 27.7. The largest absolute Gasteiger partial charge is 0.446 e. The van der Waals surface area contributed by atoms with E-state index in [-0.39, 0.29) is 47.8 Å². The van der Waals surface area contributed by atoms with Gasteiger partial charge in [-0.2, -0.15) is 0 Å². The lowest BCUT2D eigenvalue weighted by Gasteiger charge is -2.28. The van der Waals surface area contributed by atoms with Crippen molar-refractivity contribution in [3.8, 4) is 0 Å². The van der Waals surface area contributed by atoms with Gasteiger partial charge in [0.25, 0.3) is 11.5 Å². The number of benzene rings is 1. The molecule has 4 N–H and O–H groups in total. The van der Waals surface area contributed by atoms with Crippen molar-refractivity contribution >= 4 is 46.8 Å². The molecule has 2 heterocycles. The molecule has 3 aliphatic rings. The molecule has 13 heteroatoms. The lowest BCUT2D eigenvalue weighted by molar-refractivity contribution is -0.139. The maximum absolute atomic E-state index is 13.3. The normalized spacial score (nSPS) is 21.8. The Bertz CT molecular complexity index is 1530. The zero-order valence-corrected chi connectivity index (χ0v) is 28.5. The molecule has 3 unspecified atom stereocenters. The molecule has 2 aromatic rings. The van der Waals surface area contributed by atoms with E-state index in [9.17, 15) is 24.0 Å². The highest BCUT2D eigenvalue weighted by Gasteiger charge is 2.37. The summed E-state index contributed by atoms with van der Waals surface area (Å²) < 4.78 is 8.59. The number of nitrogens with zero attached hydrogens (tertiary/aromatic N) is 2. The van der Waals surface area contributed by atoms with Crippen LogP contribution in [0.4, 0.5) is 4.79 Å². The lowest BCUT2D eigenvalue weighted by atomic mass is 9.97. The average Bonchev–Trinajstić information content (AvgIpc) is 3.60. The van der Waals surface area contributed by atoms with Crippen molar-refractivity contribution in [2.24, 2.45) is 11.8 Å². The van der Waals surface area contributed by atoms with Crippen LogP contribution in [0.2, 0.25) is 0 Å². The van der Waals surface area contributed by atoms with Crippen LogP contribution < -0.4 is 20.9 Å². The number of ether oxygens (including phenoxy) is 1. The summed E-state index contributed by atoms with van der Waals surface area (Å²) in [5.74, 6) is -1.08. The Morgan fingerprint density at radius 3 is 2.71 bits per heavy atom. The molecular weight excluding hydrogens is 632 g/mol. The summed E-state index contributed by atoms with van der Waals surface area (Å²) in [5.41, 5.74) is 1.94. The van der Waals surface area contributed by atoms with Gasteiger partial charge < -0.3 is 25.3 Å². The van der Waals surface area contributed by atoms with E-state index in [0.29, 0.717) is 36.8 Å². The van der Waals surface area contributed by atoms with Gasteiger partial charge in [0.2, 0.25) is 11.8 Å². The number of nitrogens with one attached hydrogen (secondary N) is 4. The van der Waals surface area contributed by atoms with Gasteiger partial charge in [0.05, 0.1) is 11.0 Å². The van der Waals surface area contributed by atoms with E-state index in [0.717, 1.165) is 68.8 Å². The predicted octanol–water partition coefficient (Wildman–Crippen LogP) is 4.15. The Kier molecular flexibility index (Phi) is 12.5. The quantitative estimate of drug-likeness (QED) is 0.117. The summed E-state index contributed by atoms with van der Waals surface area (Å²) in [7, 11) is 0. The second-order valence-corrected chi connectivity index (χ2v) is 14.3. The standard InChI is InChI=1S/C35H48N6O6S/c1-3-22(2)31(34(45)40-48-24-18-19-24)39-33(44)28-16-10-20-41(28)30(42)21-36-35(46)47-29-17-9-12-23(29)11-5-4-6-15-27-32(43)38-26-14-8-7-13-25(26)37-27/h3,7-8,13-14,22-24,28-29,31H,1,4-6,9-12,15-21H2,2H3,(H,36,46)(H,38,43)(H,39,44)(H,40,45)/t22-,23?,28?,29+,31?/m0/s1. The molecule has 0 bridgehead atoms. The molecule has 2 aliphatic carbocycles. The van der Waals surface area contributed by atoms with Gasteiger partial charge in [0, 0.05) is 17.7 Å². The average molecular weight is 681 g/mol. The van der Waals surface area contributed by atoms with E-state index in [1.807, 2.05) is 31.2 Å². The molecule has 12 nitrogen and oxygen atoms in total. The minimum Gasteiger partial charge on any atom is -0.446 e. The van der Waals surface area contributed by atoms with Crippen molar-refractivity contribution in [3.63, 3.8) is 0 Å². The first-order valence-corrected chi connectivity index (χ1v) is 18.2. The van der Waals surface area contributed by atoms with E-state index >= 15 is 0 Å². The first-order chi connectivity index (χ1) is 23.2. The van der Waals surface area contributed by atoms with Crippen LogP contribution in [-0.2, 0) is 25.5 Å². The Hall–Kier alpha value is -3.87. The van der Waals surface area contributed by atoms with Gasteiger partial charge >= 0.3 is 6.09 Å². The van der Waals surface area contributed by atoms with Gasteiger partial charge in [-0.15, -0.1) is 6.58 Å². The summed E-state index contributed by atoms with van der Waals surface area (Å²) in [6.45, 7) is 5.72. The number of hydrogen-bond acceptors (Lipinski definition) is 8. The number of unbranched alkanes of at least 4 members (excludes halogenated alkanes) is 2. The van der Waals surface area contributed by atoms with Crippen molar-refractivity contribution in [2.45, 2.75) is 107 Å². The van der Waals surface area contributed by atoms with E-state index in [1.165, 1.54) is 16.8 Å². The number of carbonyl (C=O) groups excluding carboxylic acids is 4. The van der Waals surface area contributed by atoms with Crippen molar-refractivity contribution in [1.29, 1.82) is 0 Å². The number of fused-ring (bicyclic) bond motifs is 1.